The van der Waals surface area contributed by atoms with Crippen LogP contribution < -0.4 is 16.4 Å². The number of aromatic nitrogens is 3. The van der Waals surface area contributed by atoms with Gasteiger partial charge in [0.05, 0.1) is 5.69 Å². The Kier molecular flexibility index (Phi) is 5.54. The van der Waals surface area contributed by atoms with Gasteiger partial charge >= 0.3 is 0 Å². The molecule has 0 atom stereocenters. The fourth-order valence-electron chi connectivity index (χ4n) is 4.30. The fourth-order valence-corrected chi connectivity index (χ4v) is 4.30. The first-order chi connectivity index (χ1) is 15.2. The summed E-state index contributed by atoms with van der Waals surface area (Å²) in [7, 11) is 0. The monoisotopic (exact) mass is 412 g/mol. The lowest BCUT2D eigenvalue weighted by atomic mass is 9.92. The van der Waals surface area contributed by atoms with Gasteiger partial charge in [-0.1, -0.05) is 42.5 Å². The maximum Gasteiger partial charge on any atom is 0.177 e. The first-order valence-electron chi connectivity index (χ1n) is 11.0. The molecule has 1 aliphatic carbocycles. The van der Waals surface area contributed by atoms with Gasteiger partial charge in [-0.25, -0.2) is 9.50 Å². The van der Waals surface area contributed by atoms with Crippen LogP contribution in [0.3, 0.4) is 0 Å². The molecule has 0 spiro atoms. The Morgan fingerprint density at radius 2 is 1.74 bits per heavy atom. The van der Waals surface area contributed by atoms with Gasteiger partial charge in [0.2, 0.25) is 0 Å². The number of nitrogens with one attached hydrogen (secondary N) is 2. The lowest BCUT2D eigenvalue weighted by Gasteiger charge is -2.27. The number of anilines is 3. The van der Waals surface area contributed by atoms with Gasteiger partial charge in [-0.3, -0.25) is 0 Å². The summed E-state index contributed by atoms with van der Waals surface area (Å²) in [5, 5.41) is 11.9. The van der Waals surface area contributed by atoms with Crippen LogP contribution in [-0.4, -0.2) is 26.7 Å². The highest BCUT2D eigenvalue weighted by Gasteiger charge is 2.19. The van der Waals surface area contributed by atoms with Gasteiger partial charge in [0.25, 0.3) is 0 Å². The molecule has 2 aromatic heterocycles. The molecule has 2 heterocycles. The average molecular weight is 413 g/mol. The van der Waals surface area contributed by atoms with E-state index in [9.17, 15) is 0 Å². The van der Waals surface area contributed by atoms with E-state index in [1.807, 2.05) is 16.8 Å². The molecule has 0 aliphatic heterocycles. The molecule has 0 bridgehead atoms. The molecule has 1 fully saturated rings. The van der Waals surface area contributed by atoms with E-state index in [-0.39, 0.29) is 0 Å². The molecular weight excluding hydrogens is 384 g/mol. The molecule has 6 nitrogen and oxygen atoms in total. The van der Waals surface area contributed by atoms with Crippen molar-refractivity contribution in [2.24, 2.45) is 5.73 Å². The summed E-state index contributed by atoms with van der Waals surface area (Å²) >= 11 is 0. The number of nitrogens with two attached hydrogens (primary N) is 1. The molecule has 0 saturated heterocycles. The van der Waals surface area contributed by atoms with Crippen LogP contribution in [0.15, 0.2) is 73.1 Å². The summed E-state index contributed by atoms with van der Waals surface area (Å²) in [6, 6.07) is 21.9. The Bertz CT molecular complexity index is 1150. The Morgan fingerprint density at radius 1 is 0.935 bits per heavy atom. The number of hydrogen-bond donors (Lipinski definition) is 3. The minimum absolute atomic E-state index is 0.336. The average Bonchev–Trinajstić information content (AvgIpc) is 3.25. The maximum atomic E-state index is 6.06. The number of hydrogen-bond acceptors (Lipinski definition) is 5. The van der Waals surface area contributed by atoms with Crippen molar-refractivity contribution in [1.29, 1.82) is 0 Å². The number of fused-ring (bicyclic) bond motifs is 1. The van der Waals surface area contributed by atoms with Crippen LogP contribution in [0.25, 0.3) is 5.65 Å². The van der Waals surface area contributed by atoms with Gasteiger partial charge in [-0.15, -0.1) is 5.10 Å². The Labute approximate surface area is 182 Å². The molecule has 0 unspecified atom stereocenters. The normalized spacial score (nSPS) is 18.7. The summed E-state index contributed by atoms with van der Waals surface area (Å²) in [6.07, 6.45) is 8.85. The van der Waals surface area contributed by atoms with Crippen molar-refractivity contribution < 1.29 is 0 Å². The first-order valence-corrected chi connectivity index (χ1v) is 11.0. The highest BCUT2D eigenvalue weighted by Crippen LogP contribution is 2.26. The third-order valence-corrected chi connectivity index (χ3v) is 5.94. The molecule has 6 heteroatoms. The fraction of sp³-hybridized carbons (Fsp3) is 0.280. The number of rotatable bonds is 6. The largest absolute Gasteiger partial charge is 0.366 e. The highest BCUT2D eigenvalue weighted by molar-refractivity contribution is 5.76. The minimum Gasteiger partial charge on any atom is -0.366 e. The van der Waals surface area contributed by atoms with Crippen molar-refractivity contribution in [3.8, 4) is 0 Å². The van der Waals surface area contributed by atoms with E-state index in [0.29, 0.717) is 12.1 Å². The van der Waals surface area contributed by atoms with Crippen LogP contribution >= 0.6 is 0 Å². The molecule has 5 rings (SSSR count). The van der Waals surface area contributed by atoms with E-state index in [1.165, 1.54) is 11.1 Å². The van der Waals surface area contributed by atoms with Crippen molar-refractivity contribution in [2.45, 2.75) is 44.2 Å². The SMILES string of the molecule is NC1CCC(Nc2cc(Nc3cccc(Cc4ccccc4)c3)c3nccn3n2)CC1. The first kappa shape index (κ1) is 19.6. The maximum absolute atomic E-state index is 6.06. The van der Waals surface area contributed by atoms with Gasteiger partial charge in [0.15, 0.2) is 5.65 Å². The van der Waals surface area contributed by atoms with Crippen molar-refractivity contribution in [1.82, 2.24) is 14.6 Å². The highest BCUT2D eigenvalue weighted by atomic mass is 15.3. The Hall–Kier alpha value is -3.38. The quantitative estimate of drug-likeness (QED) is 0.426. The molecule has 31 heavy (non-hydrogen) atoms. The van der Waals surface area contributed by atoms with Crippen molar-refractivity contribution in [2.75, 3.05) is 10.6 Å². The second-order valence-electron chi connectivity index (χ2n) is 8.38. The number of nitrogens with zero attached hydrogens (tertiary/aromatic N) is 3. The van der Waals surface area contributed by atoms with E-state index in [1.54, 1.807) is 6.20 Å². The van der Waals surface area contributed by atoms with E-state index >= 15 is 0 Å². The molecule has 158 valence electrons. The molecular formula is C25H28N6. The van der Waals surface area contributed by atoms with Crippen LogP contribution in [0.5, 0.6) is 0 Å². The summed E-state index contributed by atoms with van der Waals surface area (Å²) in [5.74, 6) is 0.855. The van der Waals surface area contributed by atoms with Crippen molar-refractivity contribution in [3.05, 3.63) is 84.2 Å². The molecule has 1 saturated carbocycles. The van der Waals surface area contributed by atoms with Crippen LogP contribution in [0.2, 0.25) is 0 Å². The third kappa shape index (κ3) is 4.70. The van der Waals surface area contributed by atoms with Crippen LogP contribution in [0.4, 0.5) is 17.2 Å². The Balaban J connectivity index is 1.37. The predicted octanol–water partition coefficient (Wildman–Crippen LogP) is 4.75. The van der Waals surface area contributed by atoms with Crippen molar-refractivity contribution >= 4 is 22.8 Å². The van der Waals surface area contributed by atoms with E-state index in [0.717, 1.165) is 54.9 Å². The topological polar surface area (TPSA) is 80.3 Å². The summed E-state index contributed by atoms with van der Waals surface area (Å²) in [6.45, 7) is 0. The summed E-state index contributed by atoms with van der Waals surface area (Å²) in [5.41, 5.74) is 11.4. The van der Waals surface area contributed by atoms with Gasteiger partial charge in [0, 0.05) is 36.2 Å². The van der Waals surface area contributed by atoms with Gasteiger partial charge in [-0.2, -0.15) is 0 Å². The molecule has 4 aromatic rings. The Morgan fingerprint density at radius 3 is 2.58 bits per heavy atom. The zero-order chi connectivity index (χ0) is 21.0. The molecule has 4 N–H and O–H groups in total. The van der Waals surface area contributed by atoms with Gasteiger partial charge < -0.3 is 16.4 Å². The van der Waals surface area contributed by atoms with Crippen LogP contribution in [0, 0.1) is 0 Å². The summed E-state index contributed by atoms with van der Waals surface area (Å²) in [4.78, 5) is 4.50. The lowest BCUT2D eigenvalue weighted by molar-refractivity contribution is 0.410. The second-order valence-corrected chi connectivity index (χ2v) is 8.38. The van der Waals surface area contributed by atoms with Gasteiger partial charge in [-0.05, 0) is 55.4 Å². The third-order valence-electron chi connectivity index (χ3n) is 5.94. The number of benzene rings is 2. The smallest absolute Gasteiger partial charge is 0.177 e. The van der Waals surface area contributed by atoms with Crippen LogP contribution in [0.1, 0.15) is 36.8 Å². The predicted molar refractivity (Wildman–Crippen MR) is 126 cm³/mol. The molecule has 0 amide bonds. The minimum atomic E-state index is 0.336. The van der Waals surface area contributed by atoms with E-state index in [4.69, 9.17) is 10.8 Å². The zero-order valence-corrected chi connectivity index (χ0v) is 17.5. The number of imidazole rings is 1. The second kappa shape index (κ2) is 8.78. The summed E-state index contributed by atoms with van der Waals surface area (Å²) < 4.78 is 1.83. The van der Waals surface area contributed by atoms with E-state index < -0.39 is 0 Å². The molecule has 1 aliphatic rings. The van der Waals surface area contributed by atoms with Gasteiger partial charge in [0.1, 0.15) is 5.82 Å². The zero-order valence-electron chi connectivity index (χ0n) is 17.5. The van der Waals surface area contributed by atoms with Crippen LogP contribution in [-0.2, 0) is 6.42 Å². The standard InChI is InChI=1S/C25H28N6/c26-20-9-11-21(12-10-20)29-24-17-23(25-27-13-14-31(25)30-24)28-22-8-4-7-19(16-22)15-18-5-2-1-3-6-18/h1-8,13-14,16-17,20-21,28H,9-12,15,26H2,(H,29,30). The lowest BCUT2D eigenvalue weighted by Crippen LogP contribution is -2.33. The molecule has 0 radical (unpaired) electrons. The molecule has 2 aromatic carbocycles. The van der Waals surface area contributed by atoms with E-state index in [2.05, 4.69) is 70.2 Å². The van der Waals surface area contributed by atoms with Crippen molar-refractivity contribution in [3.63, 3.8) is 0 Å².